The molecule has 1 atom stereocenters. The molecule has 0 saturated heterocycles. The Labute approximate surface area is 176 Å². The molecule has 1 aromatic heterocycles. The molecule has 0 fully saturated rings. The number of urea groups is 1. The zero-order valence-corrected chi connectivity index (χ0v) is 17.2. The van der Waals surface area contributed by atoms with Crippen LogP contribution in [0, 0.1) is 0 Å². The van der Waals surface area contributed by atoms with Crippen molar-refractivity contribution >= 4 is 17.7 Å². The smallest absolute Gasteiger partial charge is 0.322 e. The van der Waals surface area contributed by atoms with Gasteiger partial charge >= 0.3 is 12.0 Å². The average Bonchev–Trinajstić information content (AvgIpc) is 3.19. The lowest BCUT2D eigenvalue weighted by Gasteiger charge is -2.27. The van der Waals surface area contributed by atoms with Crippen LogP contribution in [0.1, 0.15) is 36.7 Å². The van der Waals surface area contributed by atoms with E-state index in [1.165, 1.54) is 0 Å². The van der Waals surface area contributed by atoms with Crippen LogP contribution in [0.4, 0.5) is 10.5 Å². The first-order valence-electron chi connectivity index (χ1n) is 10.1. The van der Waals surface area contributed by atoms with Gasteiger partial charge in [0, 0.05) is 17.6 Å². The first-order valence-corrected chi connectivity index (χ1v) is 10.1. The lowest BCUT2D eigenvalue weighted by molar-refractivity contribution is -0.142. The first-order chi connectivity index (χ1) is 14.6. The van der Waals surface area contributed by atoms with Crippen molar-refractivity contribution in [2.45, 2.75) is 32.9 Å². The van der Waals surface area contributed by atoms with E-state index in [4.69, 9.17) is 4.74 Å². The SMILES string of the molecule is CCOC(=O)Cc1ccc(NC(=O)N2Cc3ccccc3-n3cccc3C2C)cc1. The molecule has 1 unspecified atom stereocenters. The number of rotatable bonds is 4. The second-order valence-electron chi connectivity index (χ2n) is 7.34. The van der Waals surface area contributed by atoms with Gasteiger partial charge in [-0.25, -0.2) is 4.79 Å². The second kappa shape index (κ2) is 8.45. The molecule has 6 heteroatoms. The number of hydrogen-bond donors (Lipinski definition) is 1. The lowest BCUT2D eigenvalue weighted by Crippen LogP contribution is -2.36. The maximum atomic E-state index is 13.2. The molecule has 1 aliphatic rings. The Bertz CT molecular complexity index is 1060. The Morgan fingerprint density at radius 2 is 1.83 bits per heavy atom. The fourth-order valence-electron chi connectivity index (χ4n) is 3.84. The highest BCUT2D eigenvalue weighted by Crippen LogP contribution is 2.32. The monoisotopic (exact) mass is 403 g/mol. The quantitative estimate of drug-likeness (QED) is 0.643. The van der Waals surface area contributed by atoms with Gasteiger partial charge < -0.3 is 19.5 Å². The van der Waals surface area contributed by atoms with Crippen molar-refractivity contribution in [3.63, 3.8) is 0 Å². The maximum absolute atomic E-state index is 13.2. The van der Waals surface area contributed by atoms with Crippen LogP contribution in [-0.2, 0) is 22.5 Å². The van der Waals surface area contributed by atoms with Crippen LogP contribution in [0.2, 0.25) is 0 Å². The Kier molecular flexibility index (Phi) is 5.57. The van der Waals surface area contributed by atoms with Crippen molar-refractivity contribution < 1.29 is 14.3 Å². The number of fused-ring (bicyclic) bond motifs is 3. The zero-order chi connectivity index (χ0) is 21.1. The molecule has 6 nitrogen and oxygen atoms in total. The Hall–Kier alpha value is -3.54. The molecule has 4 rings (SSSR count). The summed E-state index contributed by atoms with van der Waals surface area (Å²) in [5.74, 6) is -0.255. The van der Waals surface area contributed by atoms with Crippen LogP contribution < -0.4 is 5.32 Å². The van der Waals surface area contributed by atoms with E-state index >= 15 is 0 Å². The third-order valence-corrected chi connectivity index (χ3v) is 5.39. The van der Waals surface area contributed by atoms with Crippen molar-refractivity contribution in [1.82, 2.24) is 9.47 Å². The van der Waals surface area contributed by atoms with E-state index in [9.17, 15) is 9.59 Å². The van der Waals surface area contributed by atoms with Crippen molar-refractivity contribution in [1.29, 1.82) is 0 Å². The molecule has 30 heavy (non-hydrogen) atoms. The highest BCUT2D eigenvalue weighted by Gasteiger charge is 2.28. The minimum atomic E-state index is -0.255. The van der Waals surface area contributed by atoms with Gasteiger partial charge in [0.2, 0.25) is 0 Å². The van der Waals surface area contributed by atoms with E-state index in [2.05, 4.69) is 28.1 Å². The molecule has 3 aromatic rings. The third kappa shape index (κ3) is 3.94. The predicted molar refractivity (Wildman–Crippen MR) is 116 cm³/mol. The molecule has 0 saturated carbocycles. The van der Waals surface area contributed by atoms with E-state index in [1.54, 1.807) is 6.92 Å². The summed E-state index contributed by atoms with van der Waals surface area (Å²) in [6.07, 6.45) is 2.26. The highest BCUT2D eigenvalue weighted by molar-refractivity contribution is 5.90. The molecular formula is C24H25N3O3. The molecule has 1 N–H and O–H groups in total. The number of carbonyl (C=O) groups excluding carboxylic acids is 2. The van der Waals surface area contributed by atoms with Crippen molar-refractivity contribution in [3.05, 3.63) is 83.7 Å². The molecule has 0 bridgehead atoms. The number of esters is 1. The van der Waals surface area contributed by atoms with Gasteiger partial charge in [-0.3, -0.25) is 4.79 Å². The van der Waals surface area contributed by atoms with Gasteiger partial charge in [-0.2, -0.15) is 0 Å². The topological polar surface area (TPSA) is 63.6 Å². The zero-order valence-electron chi connectivity index (χ0n) is 17.2. The molecule has 1 aliphatic heterocycles. The van der Waals surface area contributed by atoms with E-state index < -0.39 is 0 Å². The van der Waals surface area contributed by atoms with Crippen LogP contribution in [0.15, 0.2) is 66.9 Å². The Morgan fingerprint density at radius 1 is 1.07 bits per heavy atom. The largest absolute Gasteiger partial charge is 0.466 e. The minimum absolute atomic E-state index is 0.0875. The Morgan fingerprint density at radius 3 is 2.60 bits per heavy atom. The number of hydrogen-bond acceptors (Lipinski definition) is 3. The van der Waals surface area contributed by atoms with E-state index in [-0.39, 0.29) is 24.5 Å². The van der Waals surface area contributed by atoms with Crippen LogP contribution in [0.3, 0.4) is 0 Å². The molecule has 2 amide bonds. The van der Waals surface area contributed by atoms with Gasteiger partial charge in [0.25, 0.3) is 0 Å². The van der Waals surface area contributed by atoms with Crippen LogP contribution >= 0.6 is 0 Å². The number of amides is 2. The van der Waals surface area contributed by atoms with E-state index in [1.807, 2.05) is 60.5 Å². The highest BCUT2D eigenvalue weighted by atomic mass is 16.5. The number of benzene rings is 2. The van der Waals surface area contributed by atoms with Crippen LogP contribution in [-0.4, -0.2) is 28.1 Å². The number of aromatic nitrogens is 1. The number of para-hydroxylation sites is 1. The predicted octanol–water partition coefficient (Wildman–Crippen LogP) is 4.69. The molecule has 0 radical (unpaired) electrons. The fraction of sp³-hybridized carbons (Fsp3) is 0.250. The van der Waals surface area contributed by atoms with E-state index in [0.29, 0.717) is 18.8 Å². The number of anilines is 1. The van der Waals surface area contributed by atoms with Gasteiger partial charge in [-0.05, 0) is 55.3 Å². The van der Waals surface area contributed by atoms with Crippen molar-refractivity contribution in [3.8, 4) is 5.69 Å². The third-order valence-electron chi connectivity index (χ3n) is 5.39. The molecule has 2 aromatic carbocycles. The van der Waals surface area contributed by atoms with E-state index in [0.717, 1.165) is 22.5 Å². The van der Waals surface area contributed by atoms with Crippen LogP contribution in [0.5, 0.6) is 0 Å². The maximum Gasteiger partial charge on any atom is 0.322 e. The molecule has 0 spiro atoms. The summed E-state index contributed by atoms with van der Waals surface area (Å²) in [5, 5.41) is 2.99. The molecular weight excluding hydrogens is 378 g/mol. The standard InChI is InChI=1S/C24H25N3O3/c1-3-30-23(28)15-18-10-12-20(13-11-18)25-24(29)27-16-19-7-4-5-8-22(19)26-14-6-9-21(26)17(27)2/h4-14,17H,3,15-16H2,1-2H3,(H,25,29). The fourth-order valence-corrected chi connectivity index (χ4v) is 3.84. The van der Waals surface area contributed by atoms with Gasteiger partial charge in [0.05, 0.1) is 31.3 Å². The van der Waals surface area contributed by atoms with Gasteiger partial charge in [0.1, 0.15) is 0 Å². The van der Waals surface area contributed by atoms with Crippen molar-refractivity contribution in [2.75, 3.05) is 11.9 Å². The minimum Gasteiger partial charge on any atom is -0.466 e. The number of nitrogens with one attached hydrogen (secondary N) is 1. The average molecular weight is 403 g/mol. The molecule has 2 heterocycles. The summed E-state index contributed by atoms with van der Waals surface area (Å²) >= 11 is 0. The van der Waals surface area contributed by atoms with Gasteiger partial charge in [-0.15, -0.1) is 0 Å². The molecule has 154 valence electrons. The Balaban J connectivity index is 1.52. The summed E-state index contributed by atoms with van der Waals surface area (Å²) in [7, 11) is 0. The summed E-state index contributed by atoms with van der Waals surface area (Å²) < 4.78 is 7.13. The number of carbonyl (C=O) groups is 2. The van der Waals surface area contributed by atoms with Crippen LogP contribution in [0.25, 0.3) is 5.69 Å². The lowest BCUT2D eigenvalue weighted by atomic mass is 10.1. The van der Waals surface area contributed by atoms with Crippen molar-refractivity contribution in [2.24, 2.45) is 0 Å². The second-order valence-corrected chi connectivity index (χ2v) is 7.34. The molecule has 0 aliphatic carbocycles. The summed E-state index contributed by atoms with van der Waals surface area (Å²) in [5.41, 5.74) is 4.80. The number of ether oxygens (including phenoxy) is 1. The summed E-state index contributed by atoms with van der Waals surface area (Å²) in [6.45, 7) is 4.72. The summed E-state index contributed by atoms with van der Waals surface area (Å²) in [6, 6.07) is 19.2. The first kappa shape index (κ1) is 19.8. The summed E-state index contributed by atoms with van der Waals surface area (Å²) in [4.78, 5) is 26.6. The van der Waals surface area contributed by atoms with Gasteiger partial charge in [0.15, 0.2) is 0 Å². The normalized spacial score (nSPS) is 15.0. The number of nitrogens with zero attached hydrogens (tertiary/aromatic N) is 2. The van der Waals surface area contributed by atoms with Gasteiger partial charge in [-0.1, -0.05) is 30.3 Å².